The molecule has 1 aliphatic heterocycles. The second kappa shape index (κ2) is 6.78. The molecule has 0 saturated carbocycles. The van der Waals surface area contributed by atoms with Gasteiger partial charge in [0.05, 0.1) is 5.56 Å². The van der Waals surface area contributed by atoms with Gasteiger partial charge in [0.15, 0.2) is 12.4 Å². The summed E-state index contributed by atoms with van der Waals surface area (Å²) in [4.78, 5) is 23.4. The molecule has 5 nitrogen and oxygen atoms in total. The number of hydrogen-bond donors (Lipinski definition) is 1. The van der Waals surface area contributed by atoms with Gasteiger partial charge in [-0.05, 0) is 42.8 Å². The highest BCUT2D eigenvalue weighted by Gasteiger charge is 2.30. The molecular weight excluding hydrogens is 365 g/mol. The van der Waals surface area contributed by atoms with Gasteiger partial charge in [-0.25, -0.2) is 0 Å². The number of amides is 1. The number of nitrogens with two attached hydrogens (primary N) is 1. The van der Waals surface area contributed by atoms with Crippen molar-refractivity contribution < 1.29 is 19.1 Å². The first-order valence-corrected chi connectivity index (χ1v) is 8.06. The predicted molar refractivity (Wildman–Crippen MR) is 95.3 cm³/mol. The number of Topliss-reactive ketones (excluding diaryl/α,β-unsaturated/α-hetero) is 1. The van der Waals surface area contributed by atoms with Crippen molar-refractivity contribution in [1.82, 2.24) is 0 Å². The van der Waals surface area contributed by atoms with E-state index in [4.69, 9.17) is 38.4 Å². The van der Waals surface area contributed by atoms with Crippen LogP contribution in [-0.4, -0.2) is 18.3 Å². The molecule has 1 heterocycles. The van der Waals surface area contributed by atoms with Crippen molar-refractivity contribution >= 4 is 41.0 Å². The highest BCUT2D eigenvalue weighted by Crippen LogP contribution is 2.39. The summed E-state index contributed by atoms with van der Waals surface area (Å²) in [7, 11) is 0. The van der Waals surface area contributed by atoms with E-state index in [1.807, 2.05) is 0 Å². The standard InChI is InChI=1S/C18H13Cl2NO4/c1-9-14(24-8-16(21)22)5-4-12-17(23)15(25-18(9)12)6-10-2-3-11(19)7-13(10)20/h2-7H,8H2,1H3,(H2,21,22)/b15-6-. The monoisotopic (exact) mass is 377 g/mol. The first-order chi connectivity index (χ1) is 11.9. The van der Waals surface area contributed by atoms with Crippen LogP contribution in [0.4, 0.5) is 0 Å². The fourth-order valence-electron chi connectivity index (χ4n) is 2.43. The lowest BCUT2D eigenvalue weighted by Gasteiger charge is -2.10. The van der Waals surface area contributed by atoms with Crippen LogP contribution in [0.3, 0.4) is 0 Å². The fourth-order valence-corrected chi connectivity index (χ4v) is 2.90. The second-order valence-corrected chi connectivity index (χ2v) is 6.27. The molecule has 128 valence electrons. The van der Waals surface area contributed by atoms with Crippen LogP contribution in [0.1, 0.15) is 21.5 Å². The van der Waals surface area contributed by atoms with E-state index < -0.39 is 5.91 Å². The molecule has 0 spiro atoms. The maximum Gasteiger partial charge on any atom is 0.255 e. The lowest BCUT2D eigenvalue weighted by molar-refractivity contribution is -0.119. The van der Waals surface area contributed by atoms with Gasteiger partial charge in [0, 0.05) is 15.6 Å². The van der Waals surface area contributed by atoms with Crippen molar-refractivity contribution in [2.24, 2.45) is 5.73 Å². The minimum Gasteiger partial charge on any atom is -0.483 e. The SMILES string of the molecule is Cc1c(OCC(N)=O)ccc2c1O/C(=C\c1ccc(Cl)cc1Cl)C2=O. The normalized spacial score (nSPS) is 14.4. The van der Waals surface area contributed by atoms with Crippen LogP contribution in [0.5, 0.6) is 11.5 Å². The smallest absolute Gasteiger partial charge is 0.255 e. The molecule has 0 bridgehead atoms. The molecule has 1 aliphatic rings. The molecule has 0 aliphatic carbocycles. The van der Waals surface area contributed by atoms with Crippen molar-refractivity contribution in [1.29, 1.82) is 0 Å². The van der Waals surface area contributed by atoms with E-state index in [0.29, 0.717) is 38.2 Å². The van der Waals surface area contributed by atoms with Crippen LogP contribution in [0.15, 0.2) is 36.1 Å². The van der Waals surface area contributed by atoms with Crippen LogP contribution in [0.2, 0.25) is 10.0 Å². The van der Waals surface area contributed by atoms with E-state index in [-0.39, 0.29) is 18.1 Å². The Balaban J connectivity index is 1.94. The molecule has 0 saturated heterocycles. The van der Waals surface area contributed by atoms with Gasteiger partial charge >= 0.3 is 0 Å². The zero-order valence-electron chi connectivity index (χ0n) is 13.1. The number of ketones is 1. The molecule has 7 heteroatoms. The molecule has 0 aromatic heterocycles. The summed E-state index contributed by atoms with van der Waals surface area (Å²) in [5.74, 6) is 0.120. The Kier molecular flexibility index (Phi) is 4.70. The first kappa shape index (κ1) is 17.3. The Hall–Kier alpha value is -2.50. The van der Waals surface area contributed by atoms with Crippen molar-refractivity contribution in [3.63, 3.8) is 0 Å². The third-order valence-corrected chi connectivity index (χ3v) is 4.22. The molecule has 25 heavy (non-hydrogen) atoms. The van der Waals surface area contributed by atoms with E-state index >= 15 is 0 Å². The number of fused-ring (bicyclic) bond motifs is 1. The number of ether oxygens (including phenoxy) is 2. The van der Waals surface area contributed by atoms with Crippen LogP contribution >= 0.6 is 23.2 Å². The zero-order valence-corrected chi connectivity index (χ0v) is 14.6. The number of hydrogen-bond acceptors (Lipinski definition) is 4. The zero-order chi connectivity index (χ0) is 18.1. The van der Waals surface area contributed by atoms with Gasteiger partial charge in [-0.2, -0.15) is 0 Å². The summed E-state index contributed by atoms with van der Waals surface area (Å²) in [5, 5.41) is 0.913. The van der Waals surface area contributed by atoms with E-state index in [9.17, 15) is 9.59 Å². The summed E-state index contributed by atoms with van der Waals surface area (Å²) >= 11 is 12.0. The molecular formula is C18H13Cl2NO4. The average Bonchev–Trinajstić information content (AvgIpc) is 2.87. The second-order valence-electron chi connectivity index (χ2n) is 5.43. The predicted octanol–water partition coefficient (Wildman–Crippen LogP) is 3.78. The largest absolute Gasteiger partial charge is 0.483 e. The van der Waals surface area contributed by atoms with Crippen molar-refractivity contribution in [2.45, 2.75) is 6.92 Å². The van der Waals surface area contributed by atoms with Crippen LogP contribution in [0, 0.1) is 6.92 Å². The number of primary amides is 1. The minimum atomic E-state index is -0.588. The summed E-state index contributed by atoms with van der Waals surface area (Å²) < 4.78 is 11.0. The maximum absolute atomic E-state index is 12.5. The molecule has 2 N–H and O–H groups in total. The molecule has 1 amide bonds. The van der Waals surface area contributed by atoms with Gasteiger partial charge in [-0.1, -0.05) is 29.3 Å². The molecule has 2 aromatic carbocycles. The van der Waals surface area contributed by atoms with Crippen LogP contribution in [-0.2, 0) is 4.79 Å². The van der Waals surface area contributed by atoms with E-state index in [1.54, 1.807) is 43.3 Å². The first-order valence-electron chi connectivity index (χ1n) is 7.31. The lowest BCUT2D eigenvalue weighted by atomic mass is 10.1. The Labute approximate surface area is 153 Å². The van der Waals surface area contributed by atoms with Crippen LogP contribution < -0.4 is 15.2 Å². The minimum absolute atomic E-state index is 0.148. The summed E-state index contributed by atoms with van der Waals surface area (Å²) in [6.45, 7) is 1.48. The third kappa shape index (κ3) is 3.48. The van der Waals surface area contributed by atoms with Gasteiger partial charge in [-0.3, -0.25) is 9.59 Å². The molecule has 0 fully saturated rings. The highest BCUT2D eigenvalue weighted by atomic mass is 35.5. The number of carbonyl (C=O) groups is 2. The number of halogens is 2. The molecule has 0 radical (unpaired) electrons. The number of benzene rings is 2. The topological polar surface area (TPSA) is 78.6 Å². The molecule has 0 atom stereocenters. The Morgan fingerprint density at radius 2 is 2.04 bits per heavy atom. The Morgan fingerprint density at radius 3 is 2.72 bits per heavy atom. The van der Waals surface area contributed by atoms with Gasteiger partial charge in [-0.15, -0.1) is 0 Å². The quantitative estimate of drug-likeness (QED) is 0.822. The number of carbonyl (C=O) groups excluding carboxylic acids is 2. The van der Waals surface area contributed by atoms with Crippen molar-refractivity contribution in [3.05, 3.63) is 62.8 Å². The van der Waals surface area contributed by atoms with E-state index in [0.717, 1.165) is 0 Å². The summed E-state index contributed by atoms with van der Waals surface area (Å²) in [6.07, 6.45) is 1.56. The molecule has 0 unspecified atom stereocenters. The van der Waals surface area contributed by atoms with Gasteiger partial charge in [0.1, 0.15) is 11.5 Å². The van der Waals surface area contributed by atoms with E-state index in [1.165, 1.54) is 0 Å². The van der Waals surface area contributed by atoms with Gasteiger partial charge in [0.2, 0.25) is 5.78 Å². The number of allylic oxidation sites excluding steroid dienone is 1. The van der Waals surface area contributed by atoms with E-state index in [2.05, 4.69) is 0 Å². The number of rotatable bonds is 4. The third-order valence-electron chi connectivity index (χ3n) is 3.66. The van der Waals surface area contributed by atoms with Gasteiger partial charge in [0.25, 0.3) is 5.91 Å². The maximum atomic E-state index is 12.5. The molecule has 2 aromatic rings. The van der Waals surface area contributed by atoms with Crippen LogP contribution in [0.25, 0.3) is 6.08 Å². The Bertz CT molecular complexity index is 922. The average molecular weight is 378 g/mol. The Morgan fingerprint density at radius 1 is 1.28 bits per heavy atom. The summed E-state index contributed by atoms with van der Waals surface area (Å²) in [6, 6.07) is 8.16. The highest BCUT2D eigenvalue weighted by molar-refractivity contribution is 6.35. The molecule has 3 rings (SSSR count). The fraction of sp³-hybridized carbons (Fsp3) is 0.111. The lowest BCUT2D eigenvalue weighted by Crippen LogP contribution is -2.20. The van der Waals surface area contributed by atoms with Crippen molar-refractivity contribution in [2.75, 3.05) is 6.61 Å². The summed E-state index contributed by atoms with van der Waals surface area (Å²) in [5.41, 5.74) is 6.72. The van der Waals surface area contributed by atoms with Gasteiger partial charge < -0.3 is 15.2 Å². The van der Waals surface area contributed by atoms with Crippen molar-refractivity contribution in [3.8, 4) is 11.5 Å².